The Hall–Kier alpha value is -2.54. The summed E-state index contributed by atoms with van der Waals surface area (Å²) in [4.78, 5) is 12.4. The molecule has 0 atom stereocenters. The monoisotopic (exact) mass is 420 g/mol. The van der Waals surface area contributed by atoms with Crippen LogP contribution in [0.4, 0.5) is 11.4 Å². The maximum Gasteiger partial charge on any atom is 0.261 e. The van der Waals surface area contributed by atoms with Gasteiger partial charge in [-0.15, -0.1) is 0 Å². The number of hydrogen-bond donors (Lipinski definition) is 2. The molecule has 2 N–H and O–H groups in total. The van der Waals surface area contributed by atoms with Crippen LogP contribution in [0.25, 0.3) is 0 Å². The highest BCUT2D eigenvalue weighted by atomic mass is 35.5. The molecule has 0 bridgehead atoms. The van der Waals surface area contributed by atoms with Crippen molar-refractivity contribution < 1.29 is 13.2 Å². The fourth-order valence-corrected chi connectivity index (χ4v) is 3.70. The van der Waals surface area contributed by atoms with E-state index in [1.165, 1.54) is 30.3 Å². The van der Waals surface area contributed by atoms with Crippen LogP contribution in [-0.2, 0) is 10.0 Å². The molecule has 0 saturated carbocycles. The number of rotatable bonds is 5. The Balaban J connectivity index is 1.82. The average molecular weight is 421 g/mol. The number of carbonyl (C=O) groups excluding carboxylic acids is 1. The zero-order valence-corrected chi connectivity index (χ0v) is 16.1. The lowest BCUT2D eigenvalue weighted by atomic mass is 10.2. The minimum absolute atomic E-state index is 0.0202. The second-order valence-corrected chi connectivity index (χ2v) is 8.08. The van der Waals surface area contributed by atoms with Gasteiger partial charge in [-0.1, -0.05) is 47.5 Å². The average Bonchev–Trinajstić information content (AvgIpc) is 2.65. The summed E-state index contributed by atoms with van der Waals surface area (Å²) in [6, 6.07) is 18.9. The number of amides is 1. The molecule has 138 valence electrons. The lowest BCUT2D eigenvalue weighted by molar-refractivity contribution is 0.102. The first-order valence-corrected chi connectivity index (χ1v) is 10.0. The van der Waals surface area contributed by atoms with E-state index in [1.807, 2.05) is 0 Å². The third kappa shape index (κ3) is 4.80. The third-order valence-corrected chi connectivity index (χ3v) is 5.73. The Morgan fingerprint density at radius 3 is 2.22 bits per heavy atom. The van der Waals surface area contributed by atoms with Gasteiger partial charge in [0, 0.05) is 16.9 Å². The third-order valence-electron chi connectivity index (χ3n) is 3.61. The predicted octanol–water partition coefficient (Wildman–Crippen LogP) is 5.05. The molecule has 5 nitrogen and oxygen atoms in total. The molecule has 3 aromatic carbocycles. The van der Waals surface area contributed by atoms with Crippen LogP contribution in [0.15, 0.2) is 77.7 Å². The van der Waals surface area contributed by atoms with Gasteiger partial charge in [0.1, 0.15) is 0 Å². The van der Waals surface area contributed by atoms with Gasteiger partial charge >= 0.3 is 0 Å². The minimum Gasteiger partial charge on any atom is -0.322 e. The zero-order valence-electron chi connectivity index (χ0n) is 13.8. The molecule has 0 aromatic heterocycles. The highest BCUT2D eigenvalue weighted by Crippen LogP contribution is 2.25. The van der Waals surface area contributed by atoms with Crippen molar-refractivity contribution in [2.75, 3.05) is 10.0 Å². The first kappa shape index (κ1) is 19.2. The molecule has 1 amide bonds. The molecule has 0 fully saturated rings. The van der Waals surface area contributed by atoms with Crippen LogP contribution in [0.3, 0.4) is 0 Å². The van der Waals surface area contributed by atoms with Crippen molar-refractivity contribution in [3.63, 3.8) is 0 Å². The van der Waals surface area contributed by atoms with Gasteiger partial charge in [-0.25, -0.2) is 8.42 Å². The van der Waals surface area contributed by atoms with Gasteiger partial charge in [-0.05, 0) is 48.5 Å². The molecule has 3 aromatic rings. The van der Waals surface area contributed by atoms with Gasteiger partial charge in [-0.2, -0.15) is 0 Å². The van der Waals surface area contributed by atoms with Crippen molar-refractivity contribution >= 4 is 50.5 Å². The smallest absolute Gasteiger partial charge is 0.261 e. The highest BCUT2D eigenvalue weighted by molar-refractivity contribution is 7.92. The van der Waals surface area contributed by atoms with Crippen LogP contribution >= 0.6 is 23.2 Å². The summed E-state index contributed by atoms with van der Waals surface area (Å²) in [5, 5.41) is 3.33. The fraction of sp³-hybridized carbons (Fsp3) is 0. The summed E-state index contributed by atoms with van der Waals surface area (Å²) in [5.41, 5.74) is 1.07. The number of anilines is 2. The van der Waals surface area contributed by atoms with Crippen LogP contribution in [0.2, 0.25) is 10.0 Å². The van der Waals surface area contributed by atoms with Crippen molar-refractivity contribution in [1.82, 2.24) is 0 Å². The van der Waals surface area contributed by atoms with E-state index in [0.29, 0.717) is 21.4 Å². The second-order valence-electron chi connectivity index (χ2n) is 5.58. The molecule has 3 rings (SSSR count). The van der Waals surface area contributed by atoms with E-state index in [1.54, 1.807) is 42.5 Å². The second kappa shape index (κ2) is 8.00. The van der Waals surface area contributed by atoms with Crippen molar-refractivity contribution in [2.45, 2.75) is 4.90 Å². The Bertz CT molecular complexity index is 1090. The summed E-state index contributed by atoms with van der Waals surface area (Å²) < 4.78 is 27.6. The molecule has 0 heterocycles. The quantitative estimate of drug-likeness (QED) is 0.606. The summed E-state index contributed by atoms with van der Waals surface area (Å²) in [5.74, 6) is -0.467. The van der Waals surface area contributed by atoms with Crippen molar-refractivity contribution in [1.29, 1.82) is 0 Å². The molecule has 0 unspecified atom stereocenters. The van der Waals surface area contributed by atoms with E-state index in [0.717, 1.165) is 0 Å². The lowest BCUT2D eigenvalue weighted by Gasteiger charge is -2.10. The molecule has 27 heavy (non-hydrogen) atoms. The Labute approximate surface area is 167 Å². The van der Waals surface area contributed by atoms with E-state index in [4.69, 9.17) is 23.2 Å². The first-order valence-electron chi connectivity index (χ1n) is 7.79. The van der Waals surface area contributed by atoms with E-state index < -0.39 is 15.9 Å². The van der Waals surface area contributed by atoms with Crippen molar-refractivity contribution in [3.05, 3.63) is 88.4 Å². The van der Waals surface area contributed by atoms with Gasteiger partial charge < -0.3 is 5.32 Å². The number of halogens is 2. The number of benzene rings is 3. The molecule has 0 radical (unpaired) electrons. The predicted molar refractivity (Wildman–Crippen MR) is 108 cm³/mol. The van der Waals surface area contributed by atoms with Gasteiger partial charge in [0.2, 0.25) is 0 Å². The number of nitrogens with one attached hydrogen (secondary N) is 2. The van der Waals surface area contributed by atoms with Crippen LogP contribution in [-0.4, -0.2) is 14.3 Å². The molecule has 8 heteroatoms. The summed E-state index contributed by atoms with van der Waals surface area (Å²) >= 11 is 11.8. The molecule has 0 aliphatic rings. The number of para-hydroxylation sites is 1. The van der Waals surface area contributed by atoms with Crippen LogP contribution in [0.5, 0.6) is 0 Å². The Morgan fingerprint density at radius 2 is 1.52 bits per heavy atom. The molecule has 0 aliphatic carbocycles. The fourth-order valence-electron chi connectivity index (χ4n) is 2.30. The van der Waals surface area contributed by atoms with Gasteiger partial charge in [0.25, 0.3) is 15.9 Å². The lowest BCUT2D eigenvalue weighted by Crippen LogP contribution is -2.16. The van der Waals surface area contributed by atoms with Gasteiger partial charge in [0.05, 0.1) is 14.9 Å². The largest absolute Gasteiger partial charge is 0.322 e. The van der Waals surface area contributed by atoms with Crippen LogP contribution in [0.1, 0.15) is 10.4 Å². The maximum atomic E-state index is 12.5. The molecule has 0 spiro atoms. The summed E-state index contributed by atoms with van der Waals surface area (Å²) in [6.45, 7) is 0. The minimum atomic E-state index is -3.82. The maximum absolute atomic E-state index is 12.5. The van der Waals surface area contributed by atoms with E-state index >= 15 is 0 Å². The van der Waals surface area contributed by atoms with E-state index in [-0.39, 0.29) is 10.5 Å². The Morgan fingerprint density at radius 1 is 0.778 bits per heavy atom. The normalized spacial score (nSPS) is 11.0. The van der Waals surface area contributed by atoms with Crippen molar-refractivity contribution in [3.8, 4) is 0 Å². The molecule has 0 aliphatic heterocycles. The Kier molecular flexibility index (Phi) is 5.70. The summed E-state index contributed by atoms with van der Waals surface area (Å²) in [7, 11) is -3.82. The van der Waals surface area contributed by atoms with Gasteiger partial charge in [0.15, 0.2) is 0 Å². The molecular weight excluding hydrogens is 407 g/mol. The zero-order chi connectivity index (χ0) is 19.4. The summed E-state index contributed by atoms with van der Waals surface area (Å²) in [6.07, 6.45) is 0. The number of sulfonamides is 1. The highest BCUT2D eigenvalue weighted by Gasteiger charge is 2.16. The first-order chi connectivity index (χ1) is 12.8. The van der Waals surface area contributed by atoms with E-state index in [2.05, 4.69) is 10.0 Å². The molecule has 0 saturated heterocycles. The standard InChI is InChI=1S/C19H14Cl2N2O3S/c20-17-10-9-15(12-18(17)21)22-19(24)13-5-4-8-16(11-13)27(25,26)23-14-6-2-1-3-7-14/h1-12,23H,(H,22,24). The number of carbonyl (C=O) groups is 1. The topological polar surface area (TPSA) is 75.3 Å². The molecular formula is C19H14Cl2N2O3S. The van der Waals surface area contributed by atoms with E-state index in [9.17, 15) is 13.2 Å². The number of hydrogen-bond acceptors (Lipinski definition) is 3. The van der Waals surface area contributed by atoms with Crippen LogP contribution in [0, 0.1) is 0 Å². The van der Waals surface area contributed by atoms with Crippen molar-refractivity contribution in [2.24, 2.45) is 0 Å². The van der Waals surface area contributed by atoms with Crippen LogP contribution < -0.4 is 10.0 Å². The SMILES string of the molecule is O=C(Nc1ccc(Cl)c(Cl)c1)c1cccc(S(=O)(=O)Nc2ccccc2)c1. The van der Waals surface area contributed by atoms with Gasteiger partial charge in [-0.3, -0.25) is 9.52 Å².